The van der Waals surface area contributed by atoms with Gasteiger partial charge in [-0.2, -0.15) is 0 Å². The number of rotatable bonds is 3. The smallest absolute Gasteiger partial charge is 0.271 e. The van der Waals surface area contributed by atoms with Crippen molar-refractivity contribution >= 4 is 54.6 Å². The Balaban J connectivity index is 2.33. The van der Waals surface area contributed by atoms with Gasteiger partial charge in [0.2, 0.25) is 0 Å². The molecule has 0 radical (unpaired) electrons. The molecule has 0 aliphatic heterocycles. The molecule has 1 aromatic heterocycles. The van der Waals surface area contributed by atoms with E-state index in [-0.39, 0.29) is 9.90 Å². The molecule has 0 bridgehead atoms. The van der Waals surface area contributed by atoms with Crippen molar-refractivity contribution in [1.29, 1.82) is 0 Å². The quantitative estimate of drug-likeness (QED) is 0.852. The number of benzene rings is 1. The zero-order valence-electron chi connectivity index (χ0n) is 9.58. The molecular formula is C11H8BrClFNO2S2. The Hall–Kier alpha value is -0.630. The Morgan fingerprint density at radius 2 is 2.05 bits per heavy atom. The normalized spacial score (nSPS) is 11.6. The fourth-order valence-corrected chi connectivity index (χ4v) is 4.77. The van der Waals surface area contributed by atoms with Crippen molar-refractivity contribution in [3.8, 4) is 0 Å². The van der Waals surface area contributed by atoms with Crippen LogP contribution in [0.4, 0.5) is 10.1 Å². The van der Waals surface area contributed by atoms with Crippen LogP contribution >= 0.6 is 38.9 Å². The lowest BCUT2D eigenvalue weighted by Crippen LogP contribution is -2.11. The van der Waals surface area contributed by atoms with Gasteiger partial charge in [0.25, 0.3) is 10.0 Å². The number of nitrogens with one attached hydrogen (secondary N) is 1. The molecule has 1 aromatic carbocycles. The molecule has 1 heterocycles. The molecule has 0 aliphatic rings. The first kappa shape index (κ1) is 14.8. The Morgan fingerprint density at radius 3 is 2.58 bits per heavy atom. The minimum atomic E-state index is -3.76. The first-order valence-corrected chi connectivity index (χ1v) is 8.50. The van der Waals surface area contributed by atoms with Crippen molar-refractivity contribution in [2.24, 2.45) is 0 Å². The zero-order chi connectivity index (χ0) is 14.2. The van der Waals surface area contributed by atoms with Crippen LogP contribution in [-0.2, 0) is 10.0 Å². The summed E-state index contributed by atoms with van der Waals surface area (Å²) >= 11 is 9.93. The average Bonchev–Trinajstić information content (AvgIpc) is 2.65. The summed E-state index contributed by atoms with van der Waals surface area (Å²) in [6.07, 6.45) is 0. The van der Waals surface area contributed by atoms with Gasteiger partial charge in [-0.05, 0) is 46.6 Å². The highest BCUT2D eigenvalue weighted by Gasteiger charge is 2.19. The maximum absolute atomic E-state index is 13.4. The summed E-state index contributed by atoms with van der Waals surface area (Å²) in [5.74, 6) is -0.467. The maximum atomic E-state index is 13.4. The van der Waals surface area contributed by atoms with E-state index < -0.39 is 15.8 Å². The standard InChI is InChI=1S/C11H8BrClFNO2S2/c1-6-2-3-7(4-9(6)14)15-19(16,17)10-5-8(13)11(12)18-10/h2-5,15H,1H3. The molecule has 0 amide bonds. The first-order chi connectivity index (χ1) is 8.79. The third kappa shape index (κ3) is 3.28. The second-order valence-electron chi connectivity index (χ2n) is 3.76. The lowest BCUT2D eigenvalue weighted by Gasteiger charge is -2.06. The Bertz CT molecular complexity index is 711. The van der Waals surface area contributed by atoms with Crippen LogP contribution in [0.5, 0.6) is 0 Å². The van der Waals surface area contributed by atoms with E-state index in [0.29, 0.717) is 14.4 Å². The summed E-state index contributed by atoms with van der Waals surface area (Å²) in [4.78, 5) is 0. The molecular weight excluding hydrogens is 377 g/mol. The number of hydrogen-bond acceptors (Lipinski definition) is 3. The van der Waals surface area contributed by atoms with E-state index in [1.54, 1.807) is 6.92 Å². The molecule has 0 fully saturated rings. The molecule has 3 nitrogen and oxygen atoms in total. The summed E-state index contributed by atoms with van der Waals surface area (Å²) in [5, 5.41) is 0.320. The van der Waals surface area contributed by atoms with Crippen LogP contribution in [0.25, 0.3) is 0 Å². The van der Waals surface area contributed by atoms with E-state index in [1.165, 1.54) is 18.2 Å². The van der Waals surface area contributed by atoms with Crippen LogP contribution in [0.2, 0.25) is 5.02 Å². The fourth-order valence-electron chi connectivity index (χ4n) is 1.32. The van der Waals surface area contributed by atoms with Crippen LogP contribution in [0, 0.1) is 12.7 Å². The monoisotopic (exact) mass is 383 g/mol. The van der Waals surface area contributed by atoms with Gasteiger partial charge in [-0.1, -0.05) is 17.7 Å². The Morgan fingerprint density at radius 1 is 1.37 bits per heavy atom. The lowest BCUT2D eigenvalue weighted by molar-refractivity contribution is 0.603. The van der Waals surface area contributed by atoms with Gasteiger partial charge in [-0.15, -0.1) is 11.3 Å². The molecule has 2 rings (SSSR count). The number of anilines is 1. The molecule has 0 saturated heterocycles. The third-order valence-electron chi connectivity index (χ3n) is 2.31. The molecule has 0 unspecified atom stereocenters. The van der Waals surface area contributed by atoms with Crippen LogP contribution in [-0.4, -0.2) is 8.42 Å². The van der Waals surface area contributed by atoms with Gasteiger partial charge in [-0.3, -0.25) is 4.72 Å². The second-order valence-corrected chi connectivity index (χ2v) is 8.44. The average molecular weight is 385 g/mol. The summed E-state index contributed by atoms with van der Waals surface area (Å²) in [6, 6.07) is 5.48. The topological polar surface area (TPSA) is 46.2 Å². The Kier molecular flexibility index (Phi) is 4.20. The van der Waals surface area contributed by atoms with Gasteiger partial charge < -0.3 is 0 Å². The van der Waals surface area contributed by atoms with Crippen LogP contribution < -0.4 is 4.72 Å². The lowest BCUT2D eigenvalue weighted by atomic mass is 10.2. The van der Waals surface area contributed by atoms with Crippen molar-refractivity contribution < 1.29 is 12.8 Å². The molecule has 0 aliphatic carbocycles. The molecule has 19 heavy (non-hydrogen) atoms. The molecule has 8 heteroatoms. The van der Waals surface area contributed by atoms with Crippen molar-refractivity contribution in [3.63, 3.8) is 0 Å². The highest BCUT2D eigenvalue weighted by Crippen LogP contribution is 2.35. The first-order valence-electron chi connectivity index (χ1n) is 5.03. The van der Waals surface area contributed by atoms with Gasteiger partial charge in [0.15, 0.2) is 0 Å². The summed E-state index contributed by atoms with van der Waals surface area (Å²) in [5.41, 5.74) is 0.619. The van der Waals surface area contributed by atoms with E-state index in [1.807, 2.05) is 0 Å². The summed E-state index contributed by atoms with van der Waals surface area (Å²) in [7, 11) is -3.76. The van der Waals surface area contributed by atoms with Gasteiger partial charge >= 0.3 is 0 Å². The number of sulfonamides is 1. The highest BCUT2D eigenvalue weighted by molar-refractivity contribution is 9.11. The summed E-state index contributed by atoms with van der Waals surface area (Å²) < 4.78 is 40.4. The number of hydrogen-bond donors (Lipinski definition) is 1. The predicted octanol–water partition coefficient (Wildman–Crippen LogP) is 4.41. The summed E-state index contributed by atoms with van der Waals surface area (Å²) in [6.45, 7) is 1.60. The van der Waals surface area contributed by atoms with Crippen molar-refractivity contribution in [2.45, 2.75) is 11.1 Å². The van der Waals surface area contributed by atoms with Crippen molar-refractivity contribution in [2.75, 3.05) is 4.72 Å². The van der Waals surface area contributed by atoms with Gasteiger partial charge in [-0.25, -0.2) is 12.8 Å². The molecule has 0 saturated carbocycles. The largest absolute Gasteiger partial charge is 0.279 e. The van der Waals surface area contributed by atoms with E-state index in [0.717, 1.165) is 17.4 Å². The number of thiophene rings is 1. The molecule has 1 N–H and O–H groups in total. The third-order valence-corrected chi connectivity index (χ3v) is 6.64. The fraction of sp³-hybridized carbons (Fsp3) is 0.0909. The van der Waals surface area contributed by atoms with E-state index >= 15 is 0 Å². The van der Waals surface area contributed by atoms with Gasteiger partial charge in [0.05, 0.1) is 14.5 Å². The van der Waals surface area contributed by atoms with Crippen LogP contribution in [0.3, 0.4) is 0 Å². The zero-order valence-corrected chi connectivity index (χ0v) is 13.6. The van der Waals surface area contributed by atoms with Crippen molar-refractivity contribution in [1.82, 2.24) is 0 Å². The van der Waals surface area contributed by atoms with Crippen LogP contribution in [0.1, 0.15) is 5.56 Å². The Labute approximate surface area is 127 Å². The van der Waals surface area contributed by atoms with E-state index in [9.17, 15) is 12.8 Å². The van der Waals surface area contributed by atoms with E-state index in [2.05, 4.69) is 20.7 Å². The number of halogens is 3. The predicted molar refractivity (Wildman–Crippen MR) is 79.0 cm³/mol. The number of aryl methyl sites for hydroxylation is 1. The highest BCUT2D eigenvalue weighted by atomic mass is 79.9. The molecule has 102 valence electrons. The minimum absolute atomic E-state index is 0.0605. The van der Waals surface area contributed by atoms with Crippen LogP contribution in [0.15, 0.2) is 32.3 Å². The molecule has 0 atom stereocenters. The van der Waals surface area contributed by atoms with Gasteiger partial charge in [0, 0.05) is 0 Å². The van der Waals surface area contributed by atoms with Gasteiger partial charge in [0.1, 0.15) is 10.0 Å². The minimum Gasteiger partial charge on any atom is -0.279 e. The molecule has 0 spiro atoms. The second kappa shape index (κ2) is 5.40. The molecule has 2 aromatic rings. The van der Waals surface area contributed by atoms with Crippen molar-refractivity contribution in [3.05, 3.63) is 44.5 Å². The maximum Gasteiger partial charge on any atom is 0.271 e. The van der Waals surface area contributed by atoms with E-state index in [4.69, 9.17) is 11.6 Å². The SMILES string of the molecule is Cc1ccc(NS(=O)(=O)c2cc(Cl)c(Br)s2)cc1F.